The number of alkyl halides is 2. The van der Waals surface area contributed by atoms with Gasteiger partial charge in [0.25, 0.3) is 12.0 Å². The third-order valence-electron chi connectivity index (χ3n) is 4.61. The lowest BCUT2D eigenvalue weighted by Gasteiger charge is -2.19. The molecule has 8 heteroatoms. The van der Waals surface area contributed by atoms with Crippen molar-refractivity contribution in [3.63, 3.8) is 0 Å². The van der Waals surface area contributed by atoms with Crippen LogP contribution in [0.1, 0.15) is 57.8 Å². The Morgan fingerprint density at radius 2 is 1.88 bits per heavy atom. The molecule has 0 saturated heterocycles. The molecule has 0 fully saturated rings. The maximum atomic E-state index is 13.5. The van der Waals surface area contributed by atoms with Gasteiger partial charge >= 0.3 is 0 Å². The van der Waals surface area contributed by atoms with Gasteiger partial charge in [0.15, 0.2) is 5.65 Å². The van der Waals surface area contributed by atoms with Gasteiger partial charge in [-0.05, 0) is 34.6 Å². The standard InChI is InChI=1S/C18H26F2N4O2/c1-6-22(7-2)14(25)8-9-23-15(26)10-13(17(19)20)16-12(5)24(11(3)4)21-18(16)23/h10-11,17H,6-9H2,1-5H3. The van der Waals surface area contributed by atoms with Crippen molar-refractivity contribution < 1.29 is 13.6 Å². The van der Waals surface area contributed by atoms with Crippen LogP contribution in [0.2, 0.25) is 0 Å². The minimum absolute atomic E-state index is 0.0335. The lowest BCUT2D eigenvalue weighted by Crippen LogP contribution is -2.32. The van der Waals surface area contributed by atoms with E-state index in [0.717, 1.165) is 6.07 Å². The van der Waals surface area contributed by atoms with Crippen LogP contribution >= 0.6 is 0 Å². The monoisotopic (exact) mass is 368 g/mol. The smallest absolute Gasteiger partial charge is 0.264 e. The van der Waals surface area contributed by atoms with Crippen LogP contribution in [0, 0.1) is 6.92 Å². The molecule has 0 N–H and O–H groups in total. The fourth-order valence-corrected chi connectivity index (χ4v) is 3.25. The van der Waals surface area contributed by atoms with Crippen molar-refractivity contribution in [1.29, 1.82) is 0 Å². The normalized spacial score (nSPS) is 11.7. The molecule has 0 aromatic carbocycles. The molecular weight excluding hydrogens is 342 g/mol. The molecule has 1 amide bonds. The number of fused-ring (bicyclic) bond motifs is 1. The van der Waals surface area contributed by atoms with Gasteiger partial charge in [0.2, 0.25) is 5.91 Å². The molecule has 6 nitrogen and oxygen atoms in total. The average Bonchev–Trinajstić information content (AvgIpc) is 2.92. The molecule has 2 aromatic heterocycles. The third kappa shape index (κ3) is 3.64. The van der Waals surface area contributed by atoms with E-state index >= 15 is 0 Å². The first-order valence-corrected chi connectivity index (χ1v) is 8.91. The maximum absolute atomic E-state index is 13.5. The summed E-state index contributed by atoms with van der Waals surface area (Å²) in [5, 5.41) is 4.70. The van der Waals surface area contributed by atoms with Crippen molar-refractivity contribution in [2.45, 2.75) is 60.1 Å². The number of rotatable bonds is 7. The summed E-state index contributed by atoms with van der Waals surface area (Å²) >= 11 is 0. The summed E-state index contributed by atoms with van der Waals surface area (Å²) in [4.78, 5) is 26.3. The number of pyridine rings is 1. The van der Waals surface area contributed by atoms with Gasteiger partial charge in [0.05, 0.1) is 0 Å². The average molecular weight is 368 g/mol. The highest BCUT2D eigenvalue weighted by Crippen LogP contribution is 2.30. The molecule has 2 heterocycles. The Kier molecular flexibility index (Phi) is 6.15. The van der Waals surface area contributed by atoms with Gasteiger partial charge in [-0.1, -0.05) is 0 Å². The molecule has 0 aliphatic rings. The molecule has 0 aliphatic carbocycles. The van der Waals surface area contributed by atoms with E-state index in [2.05, 4.69) is 5.10 Å². The summed E-state index contributed by atoms with van der Waals surface area (Å²) < 4.78 is 29.9. The molecule has 0 atom stereocenters. The van der Waals surface area contributed by atoms with Crippen LogP contribution in [0.15, 0.2) is 10.9 Å². The Morgan fingerprint density at radius 1 is 1.27 bits per heavy atom. The number of hydrogen-bond acceptors (Lipinski definition) is 3. The molecule has 26 heavy (non-hydrogen) atoms. The van der Waals surface area contributed by atoms with Crippen LogP contribution in [-0.4, -0.2) is 38.2 Å². The molecule has 0 bridgehead atoms. The summed E-state index contributed by atoms with van der Waals surface area (Å²) in [5.41, 5.74) is -0.0604. The largest absolute Gasteiger partial charge is 0.343 e. The number of hydrogen-bond donors (Lipinski definition) is 0. The topological polar surface area (TPSA) is 60.1 Å². The second-order valence-corrected chi connectivity index (χ2v) is 6.53. The fourth-order valence-electron chi connectivity index (χ4n) is 3.25. The molecule has 0 aliphatic heterocycles. The van der Waals surface area contributed by atoms with E-state index in [0.29, 0.717) is 24.2 Å². The fraction of sp³-hybridized carbons (Fsp3) is 0.611. The van der Waals surface area contributed by atoms with E-state index in [1.165, 1.54) is 4.57 Å². The molecular formula is C18H26F2N4O2. The van der Waals surface area contributed by atoms with Crippen molar-refractivity contribution in [3.05, 3.63) is 27.7 Å². The van der Waals surface area contributed by atoms with E-state index < -0.39 is 12.0 Å². The lowest BCUT2D eigenvalue weighted by molar-refractivity contribution is -0.131. The van der Waals surface area contributed by atoms with Crippen LogP contribution in [0.5, 0.6) is 0 Å². The van der Waals surface area contributed by atoms with Crippen molar-refractivity contribution in [2.24, 2.45) is 0 Å². The van der Waals surface area contributed by atoms with Gasteiger partial charge in [0.1, 0.15) is 0 Å². The van der Waals surface area contributed by atoms with E-state index in [9.17, 15) is 18.4 Å². The number of halogens is 2. The van der Waals surface area contributed by atoms with Crippen LogP contribution in [0.4, 0.5) is 8.78 Å². The zero-order valence-corrected chi connectivity index (χ0v) is 15.9. The molecule has 2 aromatic rings. The van der Waals surface area contributed by atoms with E-state index in [1.54, 1.807) is 16.5 Å². The molecule has 0 spiro atoms. The molecule has 0 unspecified atom stereocenters. The third-order valence-corrected chi connectivity index (χ3v) is 4.61. The highest BCUT2D eigenvalue weighted by atomic mass is 19.3. The van der Waals surface area contributed by atoms with Crippen LogP contribution in [0.3, 0.4) is 0 Å². The molecule has 2 rings (SSSR count). The minimum Gasteiger partial charge on any atom is -0.343 e. The van der Waals surface area contributed by atoms with Crippen molar-refractivity contribution >= 4 is 16.9 Å². The summed E-state index contributed by atoms with van der Waals surface area (Å²) in [6.07, 6.45) is -2.64. The Hall–Kier alpha value is -2.25. The number of carbonyl (C=O) groups is 1. The Bertz CT molecular complexity index is 851. The number of aryl methyl sites for hydroxylation is 2. The van der Waals surface area contributed by atoms with Gasteiger partial charge in [0, 0.05) is 54.8 Å². The van der Waals surface area contributed by atoms with Gasteiger partial charge in [-0.25, -0.2) is 8.78 Å². The summed E-state index contributed by atoms with van der Waals surface area (Å²) in [7, 11) is 0. The number of aromatic nitrogens is 3. The quantitative estimate of drug-likeness (QED) is 0.753. The highest BCUT2D eigenvalue weighted by Gasteiger charge is 2.23. The Balaban J connectivity index is 2.55. The second kappa shape index (κ2) is 7.97. The second-order valence-electron chi connectivity index (χ2n) is 6.53. The summed E-state index contributed by atoms with van der Waals surface area (Å²) in [6.45, 7) is 10.6. The molecule has 144 valence electrons. The summed E-state index contributed by atoms with van der Waals surface area (Å²) in [5.74, 6) is -0.0759. The van der Waals surface area contributed by atoms with Gasteiger partial charge in [-0.2, -0.15) is 5.10 Å². The Morgan fingerprint density at radius 3 is 2.38 bits per heavy atom. The maximum Gasteiger partial charge on any atom is 0.264 e. The van der Waals surface area contributed by atoms with Crippen LogP contribution in [0.25, 0.3) is 11.0 Å². The van der Waals surface area contributed by atoms with Crippen LogP contribution in [-0.2, 0) is 11.3 Å². The van der Waals surface area contributed by atoms with Crippen molar-refractivity contribution in [3.8, 4) is 0 Å². The van der Waals surface area contributed by atoms with Gasteiger partial charge < -0.3 is 4.90 Å². The molecule has 0 saturated carbocycles. The zero-order chi connectivity index (χ0) is 19.6. The van der Waals surface area contributed by atoms with E-state index in [-0.39, 0.29) is 36.1 Å². The van der Waals surface area contributed by atoms with Crippen LogP contribution < -0.4 is 5.56 Å². The molecule has 0 radical (unpaired) electrons. The predicted molar refractivity (Wildman–Crippen MR) is 96.6 cm³/mol. The zero-order valence-electron chi connectivity index (χ0n) is 15.9. The SMILES string of the molecule is CCN(CC)C(=O)CCn1c(=O)cc(C(F)F)c2c(C)n(C(C)C)nc21. The first-order valence-electron chi connectivity index (χ1n) is 8.91. The van der Waals surface area contributed by atoms with Crippen molar-refractivity contribution in [2.75, 3.05) is 13.1 Å². The predicted octanol–water partition coefficient (Wildman–Crippen LogP) is 3.28. The number of amides is 1. The highest BCUT2D eigenvalue weighted by molar-refractivity contribution is 5.83. The first kappa shape index (κ1) is 20.1. The van der Waals surface area contributed by atoms with E-state index in [4.69, 9.17) is 0 Å². The van der Waals surface area contributed by atoms with E-state index in [1.807, 2.05) is 27.7 Å². The number of nitrogens with zero attached hydrogens (tertiary/aromatic N) is 4. The first-order chi connectivity index (χ1) is 12.2. The minimum atomic E-state index is -2.76. The lowest BCUT2D eigenvalue weighted by atomic mass is 10.1. The Labute approximate surface area is 151 Å². The van der Waals surface area contributed by atoms with Gasteiger partial charge in [-0.15, -0.1) is 0 Å². The number of carbonyl (C=O) groups excluding carboxylic acids is 1. The summed E-state index contributed by atoms with van der Waals surface area (Å²) in [6, 6.07) is 0.933. The van der Waals surface area contributed by atoms with Crippen molar-refractivity contribution in [1.82, 2.24) is 19.2 Å². The van der Waals surface area contributed by atoms with Gasteiger partial charge in [-0.3, -0.25) is 18.8 Å².